The summed E-state index contributed by atoms with van der Waals surface area (Å²) >= 11 is 0. The smallest absolute Gasteiger partial charge is 0.254 e. The number of nitrogens with one attached hydrogen (secondary N) is 2. The Hall–Kier alpha value is -3.03. The summed E-state index contributed by atoms with van der Waals surface area (Å²) in [5.74, 6) is 0.740. The maximum absolute atomic E-state index is 13.3. The molecule has 0 spiro atoms. The largest absolute Gasteiger partial charge is 0.347 e. The van der Waals surface area contributed by atoms with Crippen molar-refractivity contribution >= 4 is 5.91 Å². The van der Waals surface area contributed by atoms with Crippen molar-refractivity contribution in [3.63, 3.8) is 0 Å². The van der Waals surface area contributed by atoms with Crippen molar-refractivity contribution in [2.75, 3.05) is 26.2 Å². The molecule has 0 aliphatic carbocycles. The minimum absolute atomic E-state index is 0.0199. The molecule has 1 aromatic carbocycles. The number of rotatable bonds is 16. The number of carbonyl (C=O) groups excluding carboxylic acids is 1. The molecular formula is C28H40N6O. The normalized spacial score (nSPS) is 11.2. The lowest BCUT2D eigenvalue weighted by atomic mass is 10.1. The number of H-pyrrole nitrogens is 1. The zero-order valence-electron chi connectivity index (χ0n) is 21.2. The molecule has 2 heterocycles. The molecule has 0 aliphatic rings. The number of hydrogen-bond acceptors (Lipinski definition) is 5. The molecule has 2 N–H and O–H groups in total. The van der Waals surface area contributed by atoms with Gasteiger partial charge >= 0.3 is 0 Å². The van der Waals surface area contributed by atoms with Crippen LogP contribution >= 0.6 is 0 Å². The second kappa shape index (κ2) is 15.1. The van der Waals surface area contributed by atoms with Crippen LogP contribution in [0.4, 0.5) is 0 Å². The number of benzene rings is 1. The number of nitrogens with zero attached hydrogens (tertiary/aromatic N) is 4. The van der Waals surface area contributed by atoms with E-state index in [1.54, 1.807) is 29.7 Å². The van der Waals surface area contributed by atoms with Crippen LogP contribution in [0.15, 0.2) is 61.2 Å². The Labute approximate surface area is 210 Å². The monoisotopic (exact) mass is 476 g/mol. The third-order valence-corrected chi connectivity index (χ3v) is 5.97. The van der Waals surface area contributed by atoms with E-state index in [4.69, 9.17) is 0 Å². The first kappa shape index (κ1) is 26.6. The molecular weight excluding hydrogens is 436 g/mol. The number of unbranched alkanes of at least 4 members (excludes halogenated alkanes) is 1. The van der Waals surface area contributed by atoms with E-state index in [0.29, 0.717) is 18.7 Å². The van der Waals surface area contributed by atoms with Crippen molar-refractivity contribution in [2.24, 2.45) is 0 Å². The average molecular weight is 477 g/mol. The van der Waals surface area contributed by atoms with Crippen LogP contribution in [0.2, 0.25) is 0 Å². The highest BCUT2D eigenvalue weighted by atomic mass is 16.2. The first-order chi connectivity index (χ1) is 17.2. The molecule has 3 aromatic rings. The predicted octanol–water partition coefficient (Wildman–Crippen LogP) is 4.64. The summed E-state index contributed by atoms with van der Waals surface area (Å²) < 4.78 is 0. The van der Waals surface area contributed by atoms with Gasteiger partial charge in [0, 0.05) is 43.4 Å². The third kappa shape index (κ3) is 9.26. The highest BCUT2D eigenvalue weighted by Gasteiger charge is 2.18. The molecule has 35 heavy (non-hydrogen) atoms. The molecule has 0 radical (unpaired) electrons. The van der Waals surface area contributed by atoms with E-state index in [0.717, 1.165) is 24.5 Å². The van der Waals surface area contributed by atoms with Crippen molar-refractivity contribution in [1.29, 1.82) is 0 Å². The number of aromatic amines is 1. The van der Waals surface area contributed by atoms with Gasteiger partial charge in [-0.1, -0.05) is 32.0 Å². The van der Waals surface area contributed by atoms with Crippen LogP contribution in [0.25, 0.3) is 0 Å². The maximum Gasteiger partial charge on any atom is 0.254 e. The van der Waals surface area contributed by atoms with Crippen LogP contribution in [0.5, 0.6) is 0 Å². The molecule has 0 bridgehead atoms. The number of carbonyl (C=O) groups is 1. The summed E-state index contributed by atoms with van der Waals surface area (Å²) in [4.78, 5) is 29.2. The zero-order chi connectivity index (χ0) is 24.7. The molecule has 0 atom stereocenters. The Bertz CT molecular complexity index is 953. The number of aromatic nitrogens is 3. The van der Waals surface area contributed by atoms with Gasteiger partial charge in [0.1, 0.15) is 5.82 Å². The lowest BCUT2D eigenvalue weighted by Gasteiger charge is -2.22. The number of amides is 1. The second-order valence-electron chi connectivity index (χ2n) is 8.98. The fraction of sp³-hybridized carbons (Fsp3) is 0.464. The quantitative estimate of drug-likeness (QED) is 0.295. The van der Waals surface area contributed by atoms with Gasteiger partial charge in [0.2, 0.25) is 0 Å². The van der Waals surface area contributed by atoms with Crippen molar-refractivity contribution < 1.29 is 4.79 Å². The first-order valence-corrected chi connectivity index (χ1v) is 12.9. The fourth-order valence-electron chi connectivity index (χ4n) is 4.21. The molecule has 7 nitrogen and oxygen atoms in total. The average Bonchev–Trinajstić information content (AvgIpc) is 3.40. The van der Waals surface area contributed by atoms with Gasteiger partial charge in [-0.25, -0.2) is 4.98 Å². The SMILES string of the molecule is CCCN(CCC)CCCCNCc1ccc(C(=O)N(Cc2cccnc2)Cc2ncc[nH]2)cc1. The highest BCUT2D eigenvalue weighted by molar-refractivity contribution is 5.94. The zero-order valence-corrected chi connectivity index (χ0v) is 21.2. The fourth-order valence-corrected chi connectivity index (χ4v) is 4.21. The Morgan fingerprint density at radius 3 is 2.40 bits per heavy atom. The Kier molecular flexibility index (Phi) is 11.4. The van der Waals surface area contributed by atoms with Crippen molar-refractivity contribution in [3.05, 3.63) is 83.7 Å². The number of hydrogen-bond donors (Lipinski definition) is 2. The second-order valence-corrected chi connectivity index (χ2v) is 8.98. The topological polar surface area (TPSA) is 77.2 Å². The first-order valence-electron chi connectivity index (χ1n) is 12.9. The summed E-state index contributed by atoms with van der Waals surface area (Å²) in [6.45, 7) is 10.8. The van der Waals surface area contributed by atoms with Gasteiger partial charge in [-0.2, -0.15) is 0 Å². The van der Waals surface area contributed by atoms with Crippen LogP contribution < -0.4 is 5.32 Å². The standard InChI is InChI=1S/C28H40N6O/c1-3-17-33(18-4-2)19-6-5-13-29-20-24-9-11-26(12-10-24)28(35)34(23-27-31-15-16-32-27)22-25-8-7-14-30-21-25/h7-12,14-16,21,29H,3-6,13,17-20,22-23H2,1-2H3,(H,31,32). The summed E-state index contributed by atoms with van der Waals surface area (Å²) in [5.41, 5.74) is 2.85. The van der Waals surface area contributed by atoms with Crippen molar-refractivity contribution in [1.82, 2.24) is 30.1 Å². The molecule has 0 fully saturated rings. The van der Waals surface area contributed by atoms with Gasteiger partial charge in [0.15, 0.2) is 0 Å². The summed E-state index contributed by atoms with van der Waals surface area (Å²) in [5, 5.41) is 3.54. The molecule has 7 heteroatoms. The molecule has 0 saturated carbocycles. The predicted molar refractivity (Wildman–Crippen MR) is 141 cm³/mol. The van der Waals surface area contributed by atoms with Gasteiger partial charge in [0.25, 0.3) is 5.91 Å². The number of imidazole rings is 1. The molecule has 0 aliphatic heterocycles. The van der Waals surface area contributed by atoms with Crippen molar-refractivity contribution in [2.45, 2.75) is 59.2 Å². The van der Waals surface area contributed by atoms with Gasteiger partial charge in [0.05, 0.1) is 6.54 Å². The molecule has 0 unspecified atom stereocenters. The molecule has 188 valence electrons. The van der Waals surface area contributed by atoms with Crippen LogP contribution in [0.3, 0.4) is 0 Å². The van der Waals surface area contributed by atoms with Crippen molar-refractivity contribution in [3.8, 4) is 0 Å². The van der Waals surface area contributed by atoms with Gasteiger partial charge < -0.3 is 20.1 Å². The minimum atomic E-state index is -0.0199. The molecule has 0 saturated heterocycles. The Morgan fingerprint density at radius 1 is 0.943 bits per heavy atom. The third-order valence-electron chi connectivity index (χ3n) is 5.97. The van der Waals surface area contributed by atoms with E-state index >= 15 is 0 Å². The van der Waals surface area contributed by atoms with Crippen LogP contribution in [-0.4, -0.2) is 56.8 Å². The van der Waals surface area contributed by atoms with Gasteiger partial charge in [-0.05, 0) is 81.2 Å². The summed E-state index contributed by atoms with van der Waals surface area (Å²) in [6.07, 6.45) is 11.9. The summed E-state index contributed by atoms with van der Waals surface area (Å²) in [7, 11) is 0. The van der Waals surface area contributed by atoms with E-state index in [9.17, 15) is 4.79 Å². The van der Waals surface area contributed by atoms with Crippen LogP contribution in [0, 0.1) is 0 Å². The highest BCUT2D eigenvalue weighted by Crippen LogP contribution is 2.13. The van der Waals surface area contributed by atoms with E-state index in [-0.39, 0.29) is 5.91 Å². The number of pyridine rings is 1. The molecule has 2 aromatic heterocycles. The minimum Gasteiger partial charge on any atom is -0.347 e. The lowest BCUT2D eigenvalue weighted by Crippen LogP contribution is -2.30. The van der Waals surface area contributed by atoms with E-state index in [1.807, 2.05) is 36.4 Å². The van der Waals surface area contributed by atoms with E-state index in [2.05, 4.69) is 39.0 Å². The maximum atomic E-state index is 13.3. The van der Waals surface area contributed by atoms with Gasteiger partial charge in [-0.3, -0.25) is 9.78 Å². The lowest BCUT2D eigenvalue weighted by molar-refractivity contribution is 0.0725. The van der Waals surface area contributed by atoms with Crippen LogP contribution in [-0.2, 0) is 19.6 Å². The van der Waals surface area contributed by atoms with Crippen LogP contribution in [0.1, 0.15) is 66.8 Å². The Morgan fingerprint density at radius 2 is 1.74 bits per heavy atom. The molecule has 1 amide bonds. The van der Waals surface area contributed by atoms with E-state index < -0.39 is 0 Å². The molecule has 3 rings (SSSR count). The van der Waals surface area contributed by atoms with E-state index in [1.165, 1.54) is 50.9 Å². The summed E-state index contributed by atoms with van der Waals surface area (Å²) in [6, 6.07) is 11.8. The van der Waals surface area contributed by atoms with Gasteiger partial charge in [-0.15, -0.1) is 0 Å². The Balaban J connectivity index is 1.48.